The number of benzene rings is 2. The molecule has 0 bridgehead atoms. The van der Waals surface area contributed by atoms with Gasteiger partial charge in [0.2, 0.25) is 11.8 Å². The zero-order valence-corrected chi connectivity index (χ0v) is 17.5. The molecule has 7 heteroatoms. The smallest absolute Gasteiger partial charge is 0.347 e. The van der Waals surface area contributed by atoms with Gasteiger partial charge < -0.3 is 10.6 Å². The summed E-state index contributed by atoms with van der Waals surface area (Å²) in [6, 6.07) is 13.2. The molecule has 0 fully saturated rings. The van der Waals surface area contributed by atoms with E-state index in [1.54, 1.807) is 6.08 Å². The van der Waals surface area contributed by atoms with E-state index in [1.807, 2.05) is 30.3 Å². The van der Waals surface area contributed by atoms with Gasteiger partial charge in [0.15, 0.2) is 0 Å². The molecule has 2 rings (SSSR count). The van der Waals surface area contributed by atoms with Crippen molar-refractivity contribution < 1.29 is 22.8 Å². The fourth-order valence-electron chi connectivity index (χ4n) is 3.02. The maximum atomic E-state index is 12.9. The van der Waals surface area contributed by atoms with Gasteiger partial charge in [0, 0.05) is 6.42 Å². The SMILES string of the molecule is C=C/C=C(\C=C)C(NC(=O)CNC(=O)CCc1ccccc1)c1ccc(C(F)(F)F)cc1. The highest BCUT2D eigenvalue weighted by atomic mass is 19.4. The zero-order valence-electron chi connectivity index (χ0n) is 17.5. The highest BCUT2D eigenvalue weighted by molar-refractivity contribution is 5.85. The van der Waals surface area contributed by atoms with Crippen LogP contribution in [0.15, 0.2) is 91.6 Å². The summed E-state index contributed by atoms with van der Waals surface area (Å²) in [7, 11) is 0. The monoisotopic (exact) mass is 442 g/mol. The van der Waals surface area contributed by atoms with Gasteiger partial charge in [0.25, 0.3) is 0 Å². The molecule has 0 spiro atoms. The number of aryl methyl sites for hydroxylation is 1. The molecule has 1 unspecified atom stereocenters. The second kappa shape index (κ2) is 11.7. The van der Waals surface area contributed by atoms with Gasteiger partial charge in [-0.15, -0.1) is 0 Å². The first-order valence-electron chi connectivity index (χ1n) is 9.96. The third-order valence-electron chi connectivity index (χ3n) is 4.69. The Bertz CT molecular complexity index is 965. The van der Waals surface area contributed by atoms with Gasteiger partial charge >= 0.3 is 6.18 Å². The number of amides is 2. The minimum absolute atomic E-state index is 0.230. The number of carbonyl (C=O) groups is 2. The Morgan fingerprint density at radius 2 is 1.62 bits per heavy atom. The van der Waals surface area contributed by atoms with E-state index in [0.29, 0.717) is 17.6 Å². The highest BCUT2D eigenvalue weighted by Crippen LogP contribution is 2.31. The second-order valence-electron chi connectivity index (χ2n) is 6.99. The van der Waals surface area contributed by atoms with Crippen LogP contribution in [0, 0.1) is 0 Å². The first-order valence-corrected chi connectivity index (χ1v) is 9.96. The number of alkyl halides is 3. The zero-order chi connectivity index (χ0) is 23.6. The maximum absolute atomic E-state index is 12.9. The number of allylic oxidation sites excluding steroid dienone is 2. The summed E-state index contributed by atoms with van der Waals surface area (Å²) in [5.41, 5.74) is 1.21. The Balaban J connectivity index is 2.03. The second-order valence-corrected chi connectivity index (χ2v) is 6.99. The van der Waals surface area contributed by atoms with Gasteiger partial charge in [-0.2, -0.15) is 13.2 Å². The van der Waals surface area contributed by atoms with Crippen molar-refractivity contribution >= 4 is 11.8 Å². The molecule has 2 aromatic rings. The number of hydrogen-bond acceptors (Lipinski definition) is 2. The molecular formula is C25H25F3N2O2. The number of halogens is 3. The molecule has 0 aliphatic carbocycles. The number of rotatable bonds is 10. The summed E-state index contributed by atoms with van der Waals surface area (Å²) >= 11 is 0. The Labute approximate surface area is 185 Å². The van der Waals surface area contributed by atoms with E-state index in [4.69, 9.17) is 0 Å². The van der Waals surface area contributed by atoms with Crippen LogP contribution < -0.4 is 10.6 Å². The van der Waals surface area contributed by atoms with E-state index < -0.39 is 23.7 Å². The van der Waals surface area contributed by atoms with Crippen molar-refractivity contribution in [3.05, 3.63) is 108 Å². The molecule has 32 heavy (non-hydrogen) atoms. The predicted octanol–water partition coefficient (Wildman–Crippen LogP) is 4.91. The van der Waals surface area contributed by atoms with E-state index in [9.17, 15) is 22.8 Å². The van der Waals surface area contributed by atoms with Crippen LogP contribution in [0.2, 0.25) is 0 Å². The van der Waals surface area contributed by atoms with E-state index in [-0.39, 0.29) is 18.9 Å². The molecule has 2 amide bonds. The highest BCUT2D eigenvalue weighted by Gasteiger charge is 2.30. The average Bonchev–Trinajstić information content (AvgIpc) is 2.78. The lowest BCUT2D eigenvalue weighted by Gasteiger charge is -2.21. The fraction of sp³-hybridized carbons (Fsp3) is 0.200. The molecule has 0 aliphatic heterocycles. The largest absolute Gasteiger partial charge is 0.416 e. The van der Waals surface area contributed by atoms with Crippen LogP contribution in [0.5, 0.6) is 0 Å². The van der Waals surface area contributed by atoms with Crippen LogP contribution in [0.1, 0.15) is 29.2 Å². The summed E-state index contributed by atoms with van der Waals surface area (Å²) in [5, 5.41) is 5.30. The lowest BCUT2D eigenvalue weighted by molar-refractivity contribution is -0.137. The molecule has 168 valence electrons. The minimum Gasteiger partial charge on any atom is -0.347 e. The summed E-state index contributed by atoms with van der Waals surface area (Å²) < 4.78 is 38.6. The average molecular weight is 442 g/mol. The summed E-state index contributed by atoms with van der Waals surface area (Å²) in [4.78, 5) is 24.5. The van der Waals surface area contributed by atoms with Gasteiger partial charge in [0.05, 0.1) is 18.2 Å². The van der Waals surface area contributed by atoms with Crippen molar-refractivity contribution in [2.24, 2.45) is 0 Å². The van der Waals surface area contributed by atoms with Crippen molar-refractivity contribution in [3.63, 3.8) is 0 Å². The Hall–Kier alpha value is -3.61. The molecular weight excluding hydrogens is 417 g/mol. The predicted molar refractivity (Wildman–Crippen MR) is 119 cm³/mol. The van der Waals surface area contributed by atoms with Crippen molar-refractivity contribution in [3.8, 4) is 0 Å². The molecule has 2 N–H and O–H groups in total. The Morgan fingerprint density at radius 1 is 0.969 bits per heavy atom. The summed E-state index contributed by atoms with van der Waals surface area (Å²) in [6.45, 7) is 7.05. The van der Waals surface area contributed by atoms with Crippen molar-refractivity contribution in [2.75, 3.05) is 6.54 Å². The van der Waals surface area contributed by atoms with Gasteiger partial charge in [-0.1, -0.05) is 73.9 Å². The van der Waals surface area contributed by atoms with Gasteiger partial charge in [-0.25, -0.2) is 0 Å². The van der Waals surface area contributed by atoms with Crippen LogP contribution in [0.3, 0.4) is 0 Å². The quantitative estimate of drug-likeness (QED) is 0.514. The molecule has 4 nitrogen and oxygen atoms in total. The molecule has 1 atom stereocenters. The summed E-state index contributed by atoms with van der Waals surface area (Å²) in [5.74, 6) is -0.763. The lowest BCUT2D eigenvalue weighted by Crippen LogP contribution is -2.39. The standard InChI is InChI=1S/C25H25F3N2O2/c1-3-8-19(4-2)24(20-12-14-21(15-13-20)25(26,27)28)30-23(32)17-29-22(31)16-11-18-9-6-5-7-10-18/h3-10,12-15,24H,1-2,11,16-17H2,(H,29,31)(H,30,32)/b19-8+. The van der Waals surface area contributed by atoms with Crippen molar-refractivity contribution in [2.45, 2.75) is 25.1 Å². The van der Waals surface area contributed by atoms with Gasteiger partial charge in [-0.05, 0) is 35.3 Å². The molecule has 0 aromatic heterocycles. The van der Waals surface area contributed by atoms with E-state index in [0.717, 1.165) is 17.7 Å². The van der Waals surface area contributed by atoms with Crippen molar-refractivity contribution in [1.82, 2.24) is 10.6 Å². The molecule has 0 heterocycles. The fourth-order valence-corrected chi connectivity index (χ4v) is 3.02. The molecule has 0 aliphatic rings. The van der Waals surface area contributed by atoms with Crippen molar-refractivity contribution in [1.29, 1.82) is 0 Å². The van der Waals surface area contributed by atoms with E-state index in [2.05, 4.69) is 23.8 Å². The lowest BCUT2D eigenvalue weighted by atomic mass is 9.97. The first kappa shape index (κ1) is 24.7. The third kappa shape index (κ3) is 7.58. The van der Waals surface area contributed by atoms with Gasteiger partial charge in [-0.3, -0.25) is 9.59 Å². The first-order chi connectivity index (χ1) is 15.2. The Morgan fingerprint density at radius 3 is 2.19 bits per heavy atom. The van der Waals surface area contributed by atoms with Crippen LogP contribution in [0.4, 0.5) is 13.2 Å². The number of hydrogen-bond donors (Lipinski definition) is 2. The molecule has 0 saturated heterocycles. The Kier molecular flexibility index (Phi) is 9.01. The molecule has 0 saturated carbocycles. The van der Waals surface area contributed by atoms with E-state index in [1.165, 1.54) is 24.3 Å². The maximum Gasteiger partial charge on any atom is 0.416 e. The van der Waals surface area contributed by atoms with Crippen LogP contribution in [-0.2, 0) is 22.2 Å². The van der Waals surface area contributed by atoms with Gasteiger partial charge in [0.1, 0.15) is 0 Å². The van der Waals surface area contributed by atoms with Crippen LogP contribution >= 0.6 is 0 Å². The summed E-state index contributed by atoms with van der Waals surface area (Å²) in [6.07, 6.45) is 0.904. The molecule has 2 aromatic carbocycles. The third-order valence-corrected chi connectivity index (χ3v) is 4.69. The van der Waals surface area contributed by atoms with Crippen LogP contribution in [0.25, 0.3) is 0 Å². The topological polar surface area (TPSA) is 58.2 Å². The minimum atomic E-state index is -4.46. The number of carbonyl (C=O) groups excluding carboxylic acids is 2. The van der Waals surface area contributed by atoms with E-state index >= 15 is 0 Å². The van der Waals surface area contributed by atoms with Crippen LogP contribution in [-0.4, -0.2) is 18.4 Å². The normalized spacial score (nSPS) is 12.5. The molecule has 0 radical (unpaired) electrons. The number of nitrogens with one attached hydrogen (secondary N) is 2.